The minimum atomic E-state index is 0.595. The van der Waals surface area contributed by atoms with Crippen LogP contribution in [-0.4, -0.2) is 9.55 Å². The highest BCUT2D eigenvalue weighted by Gasteiger charge is 2.23. The second-order valence-electron chi connectivity index (χ2n) is 14.0. The molecule has 0 aliphatic carbocycles. The number of thiophene rings is 1. The number of rotatable bonds is 5. The molecule has 4 heterocycles. The van der Waals surface area contributed by atoms with E-state index in [1.807, 2.05) is 47.7 Å². The van der Waals surface area contributed by atoms with Crippen molar-refractivity contribution in [1.29, 1.82) is 0 Å². The van der Waals surface area contributed by atoms with Crippen molar-refractivity contribution < 1.29 is 8.83 Å². The second-order valence-corrected chi connectivity index (χ2v) is 15.0. The summed E-state index contributed by atoms with van der Waals surface area (Å²) in [5.74, 6) is 0.595. The zero-order chi connectivity index (χ0) is 36.0. The van der Waals surface area contributed by atoms with Crippen LogP contribution in [0.4, 0.5) is 17.1 Å². The molecule has 0 aliphatic rings. The Morgan fingerprint density at radius 1 is 0.473 bits per heavy atom. The van der Waals surface area contributed by atoms with Crippen molar-refractivity contribution in [2.45, 2.75) is 0 Å². The molecular weight excluding hydrogens is 695 g/mol. The first-order valence-electron chi connectivity index (χ1n) is 18.4. The predicted molar refractivity (Wildman–Crippen MR) is 229 cm³/mol. The molecule has 12 aromatic rings. The number of fused-ring (bicyclic) bond motifs is 10. The van der Waals surface area contributed by atoms with Gasteiger partial charge in [0.2, 0.25) is 5.89 Å². The number of hydrogen-bond acceptors (Lipinski definition) is 5. The summed E-state index contributed by atoms with van der Waals surface area (Å²) in [4.78, 5) is 7.30. The van der Waals surface area contributed by atoms with Crippen molar-refractivity contribution in [1.82, 2.24) is 9.55 Å². The number of hydrogen-bond donors (Lipinski definition) is 0. The first kappa shape index (κ1) is 30.3. The smallest absolute Gasteiger partial charge is 0.227 e. The zero-order valence-electron chi connectivity index (χ0n) is 29.3. The van der Waals surface area contributed by atoms with Gasteiger partial charge in [0.25, 0.3) is 0 Å². The number of benzene rings is 8. The summed E-state index contributed by atoms with van der Waals surface area (Å²) in [6, 6.07) is 62.2. The summed E-state index contributed by atoms with van der Waals surface area (Å²) >= 11 is 1.84. The normalized spacial score (nSPS) is 12.0. The van der Waals surface area contributed by atoms with Crippen LogP contribution < -0.4 is 4.90 Å². The SMILES string of the molecule is c1ccc(-c2nc3cc4c(cc3o2)oc2ccc(N(c3ccc5sc6ccccc6c5c3)c3cccc5c6ccccc6n(-c6ccccc6)c35)cc24)cc1. The molecule has 5 nitrogen and oxygen atoms in total. The molecule has 0 spiro atoms. The molecule has 0 fully saturated rings. The van der Waals surface area contributed by atoms with Crippen LogP contribution in [0.1, 0.15) is 0 Å². The predicted octanol–water partition coefficient (Wildman–Crippen LogP) is 14.3. The van der Waals surface area contributed by atoms with Crippen molar-refractivity contribution in [3.05, 3.63) is 176 Å². The fourth-order valence-electron chi connectivity index (χ4n) is 8.34. The molecule has 12 rings (SSSR count). The van der Waals surface area contributed by atoms with Crippen LogP contribution in [0.5, 0.6) is 0 Å². The van der Waals surface area contributed by atoms with Crippen molar-refractivity contribution in [2.24, 2.45) is 0 Å². The van der Waals surface area contributed by atoms with Crippen molar-refractivity contribution in [3.8, 4) is 17.1 Å². The Hall–Kier alpha value is -7.15. The van der Waals surface area contributed by atoms with Gasteiger partial charge in [-0.3, -0.25) is 0 Å². The molecule has 0 saturated heterocycles. The molecule has 55 heavy (non-hydrogen) atoms. The molecule has 0 N–H and O–H groups in total. The van der Waals surface area contributed by atoms with Gasteiger partial charge >= 0.3 is 0 Å². The Kier molecular flexibility index (Phi) is 6.44. The maximum atomic E-state index is 6.50. The average molecular weight is 724 g/mol. The lowest BCUT2D eigenvalue weighted by molar-refractivity contribution is 0.617. The monoisotopic (exact) mass is 723 g/mol. The third kappa shape index (κ3) is 4.62. The standard InChI is InChI=1S/C49H29N3O2S/c1-3-12-30(13-4-1)49-50-40-28-38-37-26-32(22-24-43(37)53-44(38)29-45(40)54-49)51(33-23-25-47-39(27-33)35-17-8-10-21-46(35)55-47)42-20-11-18-36-34-16-7-9-19-41(34)52(48(36)42)31-14-5-2-6-15-31/h1-29H. The molecule has 0 aliphatic heterocycles. The molecule has 0 unspecified atom stereocenters. The number of nitrogens with zero attached hydrogens (tertiary/aromatic N) is 3. The quantitative estimate of drug-likeness (QED) is 0.177. The second kappa shape index (κ2) is 11.7. The van der Waals surface area contributed by atoms with E-state index in [4.69, 9.17) is 13.8 Å². The Balaban J connectivity index is 1.14. The van der Waals surface area contributed by atoms with Gasteiger partial charge in [0.05, 0.1) is 16.7 Å². The van der Waals surface area contributed by atoms with E-state index in [2.05, 4.69) is 149 Å². The van der Waals surface area contributed by atoms with E-state index in [9.17, 15) is 0 Å². The van der Waals surface area contributed by atoms with Crippen molar-refractivity contribution in [3.63, 3.8) is 0 Å². The zero-order valence-corrected chi connectivity index (χ0v) is 30.1. The minimum absolute atomic E-state index is 0.595. The Bertz CT molecular complexity index is 3450. The maximum absolute atomic E-state index is 6.50. The highest BCUT2D eigenvalue weighted by atomic mass is 32.1. The number of aromatic nitrogens is 2. The molecule has 4 aromatic heterocycles. The van der Waals surface area contributed by atoms with Gasteiger partial charge < -0.3 is 18.3 Å². The van der Waals surface area contributed by atoms with E-state index in [0.29, 0.717) is 11.5 Å². The molecular formula is C49H29N3O2S. The maximum Gasteiger partial charge on any atom is 0.227 e. The minimum Gasteiger partial charge on any atom is -0.456 e. The summed E-state index contributed by atoms with van der Waals surface area (Å²) in [6.07, 6.45) is 0. The summed E-state index contributed by atoms with van der Waals surface area (Å²) in [5.41, 5.74) is 10.6. The lowest BCUT2D eigenvalue weighted by atomic mass is 10.1. The number of furan rings is 1. The van der Waals surface area contributed by atoms with Crippen LogP contribution in [0, 0.1) is 0 Å². The Morgan fingerprint density at radius 2 is 1.16 bits per heavy atom. The topological polar surface area (TPSA) is 47.3 Å². The fraction of sp³-hybridized carbons (Fsp3) is 0. The number of oxazole rings is 1. The number of para-hydroxylation sites is 3. The fourth-order valence-corrected chi connectivity index (χ4v) is 9.42. The first-order valence-corrected chi connectivity index (χ1v) is 19.2. The Labute approximate surface area is 318 Å². The van der Waals surface area contributed by atoms with Gasteiger partial charge in [-0.05, 0) is 84.9 Å². The molecule has 0 atom stereocenters. The van der Waals surface area contributed by atoms with Gasteiger partial charge in [-0.25, -0.2) is 4.98 Å². The molecule has 8 aromatic carbocycles. The highest BCUT2D eigenvalue weighted by Crippen LogP contribution is 2.46. The largest absolute Gasteiger partial charge is 0.456 e. The molecule has 6 heteroatoms. The van der Waals surface area contributed by atoms with Gasteiger partial charge in [-0.15, -0.1) is 11.3 Å². The number of anilines is 3. The van der Waals surface area contributed by atoms with E-state index >= 15 is 0 Å². The molecule has 0 amide bonds. The van der Waals surface area contributed by atoms with Crippen LogP contribution >= 0.6 is 11.3 Å². The van der Waals surface area contributed by atoms with Crippen molar-refractivity contribution >= 4 is 103 Å². The third-order valence-corrected chi connectivity index (χ3v) is 11.9. The molecule has 0 radical (unpaired) electrons. The molecule has 258 valence electrons. The average Bonchev–Trinajstić information content (AvgIpc) is 4.01. The van der Waals surface area contributed by atoms with Crippen molar-refractivity contribution in [2.75, 3.05) is 4.90 Å². The molecule has 0 bridgehead atoms. The third-order valence-electron chi connectivity index (χ3n) is 10.8. The van der Waals surface area contributed by atoms with Crippen LogP contribution in [0.25, 0.3) is 92.2 Å². The van der Waals surface area contributed by atoms with Crippen LogP contribution in [-0.2, 0) is 0 Å². The summed E-state index contributed by atoms with van der Waals surface area (Å²) in [5, 5.41) is 6.93. The van der Waals surface area contributed by atoms with E-state index in [1.54, 1.807) is 0 Å². The van der Waals surface area contributed by atoms with E-state index in [0.717, 1.165) is 66.8 Å². The van der Waals surface area contributed by atoms with E-state index < -0.39 is 0 Å². The summed E-state index contributed by atoms with van der Waals surface area (Å²) in [6.45, 7) is 0. The van der Waals surface area contributed by atoms with Crippen LogP contribution in [0.2, 0.25) is 0 Å². The lowest BCUT2D eigenvalue weighted by Gasteiger charge is -2.27. The van der Waals surface area contributed by atoms with Crippen LogP contribution in [0.3, 0.4) is 0 Å². The Morgan fingerprint density at radius 3 is 2.04 bits per heavy atom. The van der Waals surface area contributed by atoms with Gasteiger partial charge in [0.15, 0.2) is 5.58 Å². The van der Waals surface area contributed by atoms with E-state index in [1.165, 1.54) is 30.9 Å². The summed E-state index contributed by atoms with van der Waals surface area (Å²) in [7, 11) is 0. The van der Waals surface area contributed by atoms with Gasteiger partial charge in [0, 0.05) is 70.4 Å². The van der Waals surface area contributed by atoms with Gasteiger partial charge in [-0.1, -0.05) is 84.9 Å². The van der Waals surface area contributed by atoms with Gasteiger partial charge in [0.1, 0.15) is 16.7 Å². The van der Waals surface area contributed by atoms with E-state index in [-0.39, 0.29) is 0 Å². The highest BCUT2D eigenvalue weighted by molar-refractivity contribution is 7.25. The first-order chi connectivity index (χ1) is 27.2. The molecule has 0 saturated carbocycles. The summed E-state index contributed by atoms with van der Waals surface area (Å²) < 4.78 is 17.7. The van der Waals surface area contributed by atoms with Gasteiger partial charge in [-0.2, -0.15) is 0 Å². The van der Waals surface area contributed by atoms with Crippen LogP contribution in [0.15, 0.2) is 185 Å². The lowest BCUT2D eigenvalue weighted by Crippen LogP contribution is -2.11.